The van der Waals surface area contributed by atoms with Crippen LogP contribution in [0.25, 0.3) is 0 Å². The summed E-state index contributed by atoms with van der Waals surface area (Å²) in [5.74, 6) is -0.136. The van der Waals surface area contributed by atoms with Crippen LogP contribution in [0.2, 0.25) is 0 Å². The maximum Gasteiger partial charge on any atom is 0.261 e. The van der Waals surface area contributed by atoms with Gasteiger partial charge in [-0.1, -0.05) is 24.3 Å². The zero-order chi connectivity index (χ0) is 14.1. The van der Waals surface area contributed by atoms with Gasteiger partial charge in [0.2, 0.25) is 0 Å². The topological polar surface area (TPSA) is 29.5 Å². The van der Waals surface area contributed by atoms with Crippen LogP contribution in [0.3, 0.4) is 0 Å². The van der Waals surface area contributed by atoms with Crippen LogP contribution in [0, 0.1) is 12.7 Å². The largest absolute Gasteiger partial charge is 0.490 e. The van der Waals surface area contributed by atoms with Crippen LogP contribution < -0.4 is 9.64 Å². The van der Waals surface area contributed by atoms with Crippen molar-refractivity contribution in [2.24, 2.45) is 0 Å². The number of amides is 1. The van der Waals surface area contributed by atoms with Gasteiger partial charge in [0, 0.05) is 0 Å². The van der Waals surface area contributed by atoms with Gasteiger partial charge < -0.3 is 9.64 Å². The van der Waals surface area contributed by atoms with E-state index in [2.05, 4.69) is 0 Å². The number of aryl methyl sites for hydroxylation is 1. The minimum Gasteiger partial charge on any atom is -0.490 e. The van der Waals surface area contributed by atoms with Crippen molar-refractivity contribution >= 4 is 11.6 Å². The van der Waals surface area contributed by atoms with Gasteiger partial charge in [-0.3, -0.25) is 4.79 Å². The van der Waals surface area contributed by atoms with E-state index >= 15 is 0 Å². The first-order valence-corrected chi connectivity index (χ1v) is 6.47. The molecule has 0 saturated carbocycles. The average molecular weight is 271 g/mol. The molecule has 4 heteroatoms. The Kier molecular flexibility index (Phi) is 3.14. The quantitative estimate of drug-likeness (QED) is 0.797. The number of carbonyl (C=O) groups is 1. The normalized spacial score (nSPS) is 13.6. The highest BCUT2D eigenvalue weighted by Gasteiger charge is 2.26. The number of nitrogens with zero attached hydrogens (tertiary/aromatic N) is 1. The van der Waals surface area contributed by atoms with Crippen LogP contribution >= 0.6 is 0 Å². The van der Waals surface area contributed by atoms with E-state index in [9.17, 15) is 9.18 Å². The maximum absolute atomic E-state index is 14.1. The van der Waals surface area contributed by atoms with Crippen molar-refractivity contribution in [3.63, 3.8) is 0 Å². The fourth-order valence-corrected chi connectivity index (χ4v) is 2.34. The number of carbonyl (C=O) groups excluding carboxylic acids is 1. The molecule has 0 aromatic heterocycles. The van der Waals surface area contributed by atoms with E-state index < -0.39 is 5.82 Å². The summed E-state index contributed by atoms with van der Waals surface area (Å²) in [6.45, 7) is 2.48. The smallest absolute Gasteiger partial charge is 0.261 e. The van der Waals surface area contributed by atoms with Gasteiger partial charge >= 0.3 is 0 Å². The predicted octanol–water partition coefficient (Wildman–Crippen LogP) is 3.17. The second-order valence-corrected chi connectivity index (χ2v) is 4.71. The number of benzene rings is 2. The monoisotopic (exact) mass is 271 g/mol. The van der Waals surface area contributed by atoms with Crippen molar-refractivity contribution in [2.45, 2.75) is 6.92 Å². The number of fused-ring (bicyclic) bond motifs is 1. The van der Waals surface area contributed by atoms with E-state index in [0.29, 0.717) is 30.2 Å². The summed E-state index contributed by atoms with van der Waals surface area (Å²) in [5, 5.41) is 0. The Bertz CT molecular complexity index is 669. The number of rotatable bonds is 1. The molecule has 3 nitrogen and oxygen atoms in total. The fourth-order valence-electron chi connectivity index (χ4n) is 2.34. The van der Waals surface area contributed by atoms with E-state index in [0.717, 1.165) is 0 Å². The number of hydrogen-bond acceptors (Lipinski definition) is 2. The third kappa shape index (κ3) is 2.03. The first-order valence-electron chi connectivity index (χ1n) is 6.47. The lowest BCUT2D eigenvalue weighted by Crippen LogP contribution is -2.38. The predicted molar refractivity (Wildman–Crippen MR) is 74.8 cm³/mol. The zero-order valence-corrected chi connectivity index (χ0v) is 11.1. The SMILES string of the molecule is Cc1cccc(C(=O)N2CCOc3ccccc32)c1F. The summed E-state index contributed by atoms with van der Waals surface area (Å²) in [7, 11) is 0. The molecule has 0 N–H and O–H groups in total. The molecule has 0 aliphatic carbocycles. The number of halogens is 1. The van der Waals surface area contributed by atoms with Crippen molar-refractivity contribution in [2.75, 3.05) is 18.1 Å². The van der Waals surface area contributed by atoms with Crippen LogP contribution in [0.4, 0.5) is 10.1 Å². The van der Waals surface area contributed by atoms with Crippen LogP contribution in [0.1, 0.15) is 15.9 Å². The summed E-state index contributed by atoms with van der Waals surface area (Å²) < 4.78 is 19.6. The minimum absolute atomic E-state index is 0.0988. The molecule has 102 valence electrons. The second-order valence-electron chi connectivity index (χ2n) is 4.71. The summed E-state index contributed by atoms with van der Waals surface area (Å²) >= 11 is 0. The lowest BCUT2D eigenvalue weighted by molar-refractivity contribution is 0.0972. The van der Waals surface area contributed by atoms with Crippen molar-refractivity contribution < 1.29 is 13.9 Å². The summed E-state index contributed by atoms with van der Waals surface area (Å²) in [4.78, 5) is 14.1. The van der Waals surface area contributed by atoms with Crippen LogP contribution in [0.15, 0.2) is 42.5 Å². The molecular formula is C16H14FNO2. The van der Waals surface area contributed by atoms with Gasteiger partial charge in [-0.25, -0.2) is 4.39 Å². The van der Waals surface area contributed by atoms with Gasteiger partial charge in [-0.2, -0.15) is 0 Å². The highest BCUT2D eigenvalue weighted by molar-refractivity contribution is 6.07. The summed E-state index contributed by atoms with van der Waals surface area (Å²) in [6, 6.07) is 12.2. The summed E-state index contributed by atoms with van der Waals surface area (Å²) in [6.07, 6.45) is 0. The molecule has 1 amide bonds. The molecule has 20 heavy (non-hydrogen) atoms. The molecule has 3 rings (SSSR count). The van der Waals surface area contributed by atoms with E-state index in [1.165, 1.54) is 6.07 Å². The molecule has 0 fully saturated rings. The number of para-hydroxylation sites is 2. The van der Waals surface area contributed by atoms with Gasteiger partial charge in [0.25, 0.3) is 5.91 Å². The third-order valence-corrected chi connectivity index (χ3v) is 3.40. The maximum atomic E-state index is 14.1. The molecule has 2 aromatic rings. The highest BCUT2D eigenvalue weighted by Crippen LogP contribution is 2.32. The van der Waals surface area contributed by atoms with Gasteiger partial charge in [0.15, 0.2) is 0 Å². The Balaban J connectivity index is 2.02. The molecular weight excluding hydrogens is 257 g/mol. The number of ether oxygens (including phenoxy) is 1. The third-order valence-electron chi connectivity index (χ3n) is 3.40. The van der Waals surface area contributed by atoms with E-state index in [1.54, 1.807) is 36.1 Å². The Morgan fingerprint density at radius 2 is 2.00 bits per heavy atom. The van der Waals surface area contributed by atoms with E-state index in [4.69, 9.17) is 4.74 Å². The standard InChI is InChI=1S/C16H14FNO2/c1-11-5-4-6-12(15(11)17)16(19)18-9-10-20-14-8-3-2-7-13(14)18/h2-8H,9-10H2,1H3. The minimum atomic E-state index is -0.457. The van der Waals surface area contributed by atoms with Crippen molar-refractivity contribution in [3.05, 3.63) is 59.4 Å². The summed E-state index contributed by atoms with van der Waals surface area (Å²) in [5.41, 5.74) is 1.25. The van der Waals surface area contributed by atoms with E-state index in [-0.39, 0.29) is 11.5 Å². The van der Waals surface area contributed by atoms with Crippen LogP contribution in [-0.4, -0.2) is 19.1 Å². The van der Waals surface area contributed by atoms with Crippen molar-refractivity contribution in [1.29, 1.82) is 0 Å². The van der Waals surface area contributed by atoms with Gasteiger partial charge in [0.05, 0.1) is 17.8 Å². The number of hydrogen-bond donors (Lipinski definition) is 0. The van der Waals surface area contributed by atoms with E-state index in [1.807, 2.05) is 12.1 Å². The Morgan fingerprint density at radius 1 is 1.20 bits per heavy atom. The van der Waals surface area contributed by atoms with Gasteiger partial charge in [-0.05, 0) is 30.7 Å². The Labute approximate surface area is 116 Å². The molecule has 0 bridgehead atoms. The van der Waals surface area contributed by atoms with Crippen molar-refractivity contribution in [1.82, 2.24) is 0 Å². The van der Waals surface area contributed by atoms with Crippen LogP contribution in [0.5, 0.6) is 5.75 Å². The first-order chi connectivity index (χ1) is 9.68. The van der Waals surface area contributed by atoms with Crippen molar-refractivity contribution in [3.8, 4) is 5.75 Å². The van der Waals surface area contributed by atoms with Gasteiger partial charge in [0.1, 0.15) is 18.2 Å². The lowest BCUT2D eigenvalue weighted by Gasteiger charge is -2.29. The lowest BCUT2D eigenvalue weighted by atomic mass is 10.1. The molecule has 0 atom stereocenters. The molecule has 2 aromatic carbocycles. The molecule has 1 aliphatic rings. The highest BCUT2D eigenvalue weighted by atomic mass is 19.1. The molecule has 0 radical (unpaired) electrons. The van der Waals surface area contributed by atoms with Crippen LogP contribution in [-0.2, 0) is 0 Å². The fraction of sp³-hybridized carbons (Fsp3) is 0.188. The second kappa shape index (κ2) is 4.96. The molecule has 0 saturated heterocycles. The Morgan fingerprint density at radius 3 is 2.85 bits per heavy atom. The first kappa shape index (κ1) is 12.7. The van der Waals surface area contributed by atoms with Gasteiger partial charge in [-0.15, -0.1) is 0 Å². The Hall–Kier alpha value is -2.36. The molecule has 1 heterocycles. The molecule has 0 spiro atoms. The molecule has 1 aliphatic heterocycles. The molecule has 0 unspecified atom stereocenters. The zero-order valence-electron chi connectivity index (χ0n) is 11.1. The average Bonchev–Trinajstić information content (AvgIpc) is 2.49. The number of anilines is 1.